The Morgan fingerprint density at radius 2 is 2.10 bits per heavy atom. The first-order chi connectivity index (χ1) is 10.0. The molecule has 1 fully saturated rings. The standard InChI is InChI=1S/C14H20N2O4S/c1-20-14(17)12-4-6-13(7-5-12)21(18,19)16-10-11-3-2-8-15-9-11/h4-7,11,15-16H,2-3,8-10H2,1H3. The molecule has 1 saturated heterocycles. The number of ether oxygens (including phenoxy) is 1. The number of rotatable bonds is 5. The van der Waals surface area contributed by atoms with Gasteiger partial charge in [-0.15, -0.1) is 0 Å². The minimum Gasteiger partial charge on any atom is -0.465 e. The van der Waals surface area contributed by atoms with Crippen molar-refractivity contribution in [1.29, 1.82) is 0 Å². The lowest BCUT2D eigenvalue weighted by Crippen LogP contribution is -2.38. The molecule has 1 heterocycles. The van der Waals surface area contributed by atoms with E-state index in [1.807, 2.05) is 0 Å². The van der Waals surface area contributed by atoms with E-state index in [-0.39, 0.29) is 4.90 Å². The molecule has 0 radical (unpaired) electrons. The molecule has 1 aliphatic rings. The molecule has 0 saturated carbocycles. The molecule has 0 aliphatic carbocycles. The van der Waals surface area contributed by atoms with Crippen molar-refractivity contribution < 1.29 is 17.9 Å². The maximum atomic E-state index is 12.2. The van der Waals surface area contributed by atoms with Crippen molar-refractivity contribution in [3.8, 4) is 0 Å². The lowest BCUT2D eigenvalue weighted by molar-refractivity contribution is 0.0600. The summed E-state index contributed by atoms with van der Waals surface area (Å²) in [5.74, 6) is -0.164. The fourth-order valence-electron chi connectivity index (χ4n) is 2.30. The Morgan fingerprint density at radius 1 is 1.38 bits per heavy atom. The summed E-state index contributed by atoms with van der Waals surface area (Å²) in [6.45, 7) is 2.26. The van der Waals surface area contributed by atoms with Crippen molar-refractivity contribution in [3.05, 3.63) is 29.8 Å². The molecule has 1 aliphatic heterocycles. The summed E-state index contributed by atoms with van der Waals surface area (Å²) in [6.07, 6.45) is 2.09. The smallest absolute Gasteiger partial charge is 0.337 e. The fourth-order valence-corrected chi connectivity index (χ4v) is 3.41. The van der Waals surface area contributed by atoms with Crippen LogP contribution in [0.2, 0.25) is 0 Å². The Balaban J connectivity index is 1.99. The van der Waals surface area contributed by atoms with E-state index in [2.05, 4.69) is 14.8 Å². The van der Waals surface area contributed by atoms with Gasteiger partial charge in [-0.25, -0.2) is 17.9 Å². The van der Waals surface area contributed by atoms with Gasteiger partial charge in [0.1, 0.15) is 0 Å². The van der Waals surface area contributed by atoms with E-state index in [4.69, 9.17) is 0 Å². The summed E-state index contributed by atoms with van der Waals surface area (Å²) in [6, 6.07) is 5.71. The molecule has 2 rings (SSSR count). The number of nitrogens with one attached hydrogen (secondary N) is 2. The van der Waals surface area contributed by atoms with E-state index in [0.717, 1.165) is 25.9 Å². The number of carbonyl (C=O) groups is 1. The summed E-state index contributed by atoms with van der Waals surface area (Å²) >= 11 is 0. The molecular formula is C14H20N2O4S. The van der Waals surface area contributed by atoms with Crippen molar-refractivity contribution in [2.75, 3.05) is 26.7 Å². The van der Waals surface area contributed by atoms with Crippen molar-refractivity contribution in [2.24, 2.45) is 5.92 Å². The van der Waals surface area contributed by atoms with Gasteiger partial charge in [-0.3, -0.25) is 0 Å². The second-order valence-corrected chi connectivity index (χ2v) is 6.85. The fraction of sp³-hybridized carbons (Fsp3) is 0.500. The van der Waals surface area contributed by atoms with Gasteiger partial charge < -0.3 is 10.1 Å². The maximum absolute atomic E-state index is 12.2. The quantitative estimate of drug-likeness (QED) is 0.784. The van der Waals surface area contributed by atoms with Gasteiger partial charge in [0.15, 0.2) is 0 Å². The molecule has 6 nitrogen and oxygen atoms in total. The highest BCUT2D eigenvalue weighted by atomic mass is 32.2. The van der Waals surface area contributed by atoms with E-state index >= 15 is 0 Å². The molecule has 2 N–H and O–H groups in total. The number of methoxy groups -OCH3 is 1. The Morgan fingerprint density at radius 3 is 2.67 bits per heavy atom. The molecule has 0 spiro atoms. The van der Waals surface area contributed by atoms with Gasteiger partial charge in [-0.05, 0) is 56.1 Å². The third-order valence-electron chi connectivity index (χ3n) is 3.55. The van der Waals surface area contributed by atoms with E-state index in [9.17, 15) is 13.2 Å². The first-order valence-electron chi connectivity index (χ1n) is 6.91. The zero-order valence-corrected chi connectivity index (χ0v) is 12.8. The average Bonchev–Trinajstić information content (AvgIpc) is 2.53. The second-order valence-electron chi connectivity index (χ2n) is 5.08. The molecule has 0 aromatic heterocycles. The van der Waals surface area contributed by atoms with E-state index in [1.54, 1.807) is 0 Å². The minimum absolute atomic E-state index is 0.152. The van der Waals surface area contributed by atoms with Crippen molar-refractivity contribution in [1.82, 2.24) is 10.0 Å². The van der Waals surface area contributed by atoms with Crippen LogP contribution in [0.4, 0.5) is 0 Å². The van der Waals surface area contributed by atoms with Gasteiger partial charge in [0.2, 0.25) is 10.0 Å². The number of esters is 1. The van der Waals surface area contributed by atoms with Crippen LogP contribution in [-0.2, 0) is 14.8 Å². The zero-order chi connectivity index (χ0) is 15.3. The molecule has 1 atom stereocenters. The summed E-state index contributed by atoms with van der Waals surface area (Å²) in [5, 5.41) is 3.25. The van der Waals surface area contributed by atoms with Crippen LogP contribution in [0.1, 0.15) is 23.2 Å². The number of benzene rings is 1. The lowest BCUT2D eigenvalue weighted by atomic mass is 10.0. The zero-order valence-electron chi connectivity index (χ0n) is 12.0. The van der Waals surface area contributed by atoms with Crippen LogP contribution >= 0.6 is 0 Å². The van der Waals surface area contributed by atoms with E-state index in [0.29, 0.717) is 18.0 Å². The third kappa shape index (κ3) is 4.26. The molecular weight excluding hydrogens is 292 g/mol. The normalized spacial score (nSPS) is 19.2. The maximum Gasteiger partial charge on any atom is 0.337 e. The first-order valence-corrected chi connectivity index (χ1v) is 8.40. The number of piperidine rings is 1. The predicted molar refractivity (Wildman–Crippen MR) is 78.6 cm³/mol. The van der Waals surface area contributed by atoms with Crippen LogP contribution in [-0.4, -0.2) is 41.1 Å². The highest BCUT2D eigenvalue weighted by molar-refractivity contribution is 7.89. The minimum atomic E-state index is -3.54. The van der Waals surface area contributed by atoms with Crippen LogP contribution in [0.15, 0.2) is 29.2 Å². The summed E-state index contributed by atoms with van der Waals surface area (Å²) in [5.41, 5.74) is 0.327. The average molecular weight is 312 g/mol. The van der Waals surface area contributed by atoms with Crippen molar-refractivity contribution in [3.63, 3.8) is 0 Å². The summed E-state index contributed by atoms with van der Waals surface area (Å²) in [7, 11) is -2.25. The van der Waals surface area contributed by atoms with Crippen LogP contribution in [0, 0.1) is 5.92 Å². The highest BCUT2D eigenvalue weighted by Gasteiger charge is 2.19. The Hall–Kier alpha value is -1.44. The number of carbonyl (C=O) groups excluding carboxylic acids is 1. The lowest BCUT2D eigenvalue weighted by Gasteiger charge is -2.22. The summed E-state index contributed by atoms with van der Waals surface area (Å²) < 4.78 is 31.6. The van der Waals surface area contributed by atoms with Crippen molar-refractivity contribution in [2.45, 2.75) is 17.7 Å². The molecule has 7 heteroatoms. The van der Waals surface area contributed by atoms with Gasteiger partial charge >= 0.3 is 5.97 Å². The second kappa shape index (κ2) is 7.02. The van der Waals surface area contributed by atoms with E-state index < -0.39 is 16.0 Å². The number of hydrogen-bond donors (Lipinski definition) is 2. The van der Waals surface area contributed by atoms with Crippen LogP contribution in [0.25, 0.3) is 0 Å². The molecule has 0 bridgehead atoms. The molecule has 1 aromatic carbocycles. The SMILES string of the molecule is COC(=O)c1ccc(S(=O)(=O)NCC2CCCNC2)cc1. The Labute approximate surface area is 124 Å². The first kappa shape index (κ1) is 15.9. The van der Waals surface area contributed by atoms with Gasteiger partial charge in [0, 0.05) is 6.54 Å². The topological polar surface area (TPSA) is 84.5 Å². The van der Waals surface area contributed by atoms with Crippen LogP contribution in [0.3, 0.4) is 0 Å². The Kier molecular flexibility index (Phi) is 5.33. The van der Waals surface area contributed by atoms with Gasteiger partial charge in [0.05, 0.1) is 17.6 Å². The molecule has 0 amide bonds. The Bertz CT molecular complexity index is 577. The van der Waals surface area contributed by atoms with Crippen LogP contribution in [0.5, 0.6) is 0 Å². The van der Waals surface area contributed by atoms with Gasteiger partial charge in [-0.1, -0.05) is 0 Å². The number of sulfonamides is 1. The predicted octanol–water partition coefficient (Wildman–Crippen LogP) is 0.751. The molecule has 1 aromatic rings. The highest BCUT2D eigenvalue weighted by Crippen LogP contribution is 2.13. The summed E-state index contributed by atoms with van der Waals surface area (Å²) in [4.78, 5) is 11.5. The third-order valence-corrected chi connectivity index (χ3v) is 4.99. The van der Waals surface area contributed by atoms with Crippen LogP contribution < -0.4 is 10.0 Å². The van der Waals surface area contributed by atoms with Crippen molar-refractivity contribution >= 4 is 16.0 Å². The monoisotopic (exact) mass is 312 g/mol. The molecule has 21 heavy (non-hydrogen) atoms. The van der Waals surface area contributed by atoms with Gasteiger partial charge in [0.25, 0.3) is 0 Å². The number of hydrogen-bond acceptors (Lipinski definition) is 5. The molecule has 116 valence electrons. The molecule has 1 unspecified atom stereocenters. The van der Waals surface area contributed by atoms with E-state index in [1.165, 1.54) is 31.4 Å². The largest absolute Gasteiger partial charge is 0.465 e. The van der Waals surface area contributed by atoms with Gasteiger partial charge in [-0.2, -0.15) is 0 Å².